The normalized spacial score (nSPS) is 17.0. The summed E-state index contributed by atoms with van der Waals surface area (Å²) in [5, 5.41) is 3.33. The first-order chi connectivity index (χ1) is 7.74. The van der Waals surface area contributed by atoms with Crippen LogP contribution in [0, 0.1) is 0 Å². The number of piperazine rings is 1. The standard InChI is InChI=1S/C11H19N3.C2H6/c1-4-11(9-13-10(2)3)14-7-5-12-6-8-14;1-2/h4,9,12H,2,5-8H2,1,3H3;1-2H3/b11-4+,13-9?;. The van der Waals surface area contributed by atoms with E-state index < -0.39 is 0 Å². The molecule has 0 saturated carbocycles. The molecule has 0 aliphatic carbocycles. The molecule has 3 heteroatoms. The number of aliphatic imine (C=N–C) groups is 1. The minimum Gasteiger partial charge on any atom is -0.368 e. The zero-order valence-corrected chi connectivity index (χ0v) is 11.1. The van der Waals surface area contributed by atoms with Crippen molar-refractivity contribution in [2.75, 3.05) is 26.2 Å². The summed E-state index contributed by atoms with van der Waals surface area (Å²) in [7, 11) is 0. The third kappa shape index (κ3) is 5.71. The van der Waals surface area contributed by atoms with Gasteiger partial charge in [0.05, 0.1) is 11.9 Å². The minimum absolute atomic E-state index is 0.847. The number of rotatable bonds is 3. The topological polar surface area (TPSA) is 27.6 Å². The molecule has 16 heavy (non-hydrogen) atoms. The predicted molar refractivity (Wildman–Crippen MR) is 72.9 cm³/mol. The molecular weight excluding hydrogens is 198 g/mol. The molecule has 92 valence electrons. The SMILES string of the molecule is C=C(C)N=C/C(=C\C)N1CCNCC1.CC. The van der Waals surface area contributed by atoms with Gasteiger partial charge in [-0.1, -0.05) is 26.5 Å². The van der Waals surface area contributed by atoms with Crippen LogP contribution in [0.5, 0.6) is 0 Å². The van der Waals surface area contributed by atoms with E-state index in [0.29, 0.717) is 0 Å². The lowest BCUT2D eigenvalue weighted by atomic mass is 10.3. The van der Waals surface area contributed by atoms with Crippen molar-refractivity contribution in [3.05, 3.63) is 24.0 Å². The molecule has 0 bridgehead atoms. The fourth-order valence-corrected chi connectivity index (χ4v) is 1.44. The second-order valence-corrected chi connectivity index (χ2v) is 3.44. The summed E-state index contributed by atoms with van der Waals surface area (Å²) in [5.41, 5.74) is 2.04. The summed E-state index contributed by atoms with van der Waals surface area (Å²) in [4.78, 5) is 6.56. The monoisotopic (exact) mass is 223 g/mol. The highest BCUT2D eigenvalue weighted by Gasteiger charge is 2.10. The molecule has 1 saturated heterocycles. The van der Waals surface area contributed by atoms with E-state index in [1.807, 2.05) is 33.9 Å². The fraction of sp³-hybridized carbons (Fsp3) is 0.615. The predicted octanol–water partition coefficient (Wildman–Crippen LogP) is 2.43. The van der Waals surface area contributed by atoms with Crippen LogP contribution in [-0.4, -0.2) is 37.3 Å². The second-order valence-electron chi connectivity index (χ2n) is 3.44. The lowest BCUT2D eigenvalue weighted by Gasteiger charge is -2.29. The average Bonchev–Trinajstić information content (AvgIpc) is 2.33. The van der Waals surface area contributed by atoms with Crippen molar-refractivity contribution in [2.45, 2.75) is 27.7 Å². The van der Waals surface area contributed by atoms with Gasteiger partial charge in [0.2, 0.25) is 0 Å². The molecular formula is C13H25N3. The van der Waals surface area contributed by atoms with Gasteiger partial charge in [0.15, 0.2) is 0 Å². The third-order valence-corrected chi connectivity index (χ3v) is 2.20. The van der Waals surface area contributed by atoms with Crippen molar-refractivity contribution in [2.24, 2.45) is 4.99 Å². The lowest BCUT2D eigenvalue weighted by molar-refractivity contribution is 0.312. The molecule has 1 aliphatic heterocycles. The van der Waals surface area contributed by atoms with Gasteiger partial charge < -0.3 is 10.2 Å². The average molecular weight is 223 g/mol. The molecule has 0 aromatic rings. The Morgan fingerprint density at radius 1 is 1.31 bits per heavy atom. The Kier molecular flexibility index (Phi) is 8.53. The molecule has 1 N–H and O–H groups in total. The number of nitrogens with one attached hydrogen (secondary N) is 1. The maximum atomic E-state index is 4.22. The second kappa shape index (κ2) is 9.16. The van der Waals surface area contributed by atoms with Crippen molar-refractivity contribution in [1.29, 1.82) is 0 Å². The van der Waals surface area contributed by atoms with Crippen molar-refractivity contribution < 1.29 is 0 Å². The molecule has 0 spiro atoms. The minimum atomic E-state index is 0.847. The summed E-state index contributed by atoms with van der Waals surface area (Å²) in [6, 6.07) is 0. The van der Waals surface area contributed by atoms with Crippen LogP contribution in [0.2, 0.25) is 0 Å². The van der Waals surface area contributed by atoms with E-state index in [0.717, 1.165) is 31.9 Å². The quantitative estimate of drug-likeness (QED) is 0.744. The number of hydrogen-bond donors (Lipinski definition) is 1. The number of hydrogen-bond acceptors (Lipinski definition) is 3. The van der Waals surface area contributed by atoms with Crippen LogP contribution in [0.15, 0.2) is 29.0 Å². The van der Waals surface area contributed by atoms with Gasteiger partial charge in [-0.3, -0.25) is 4.99 Å². The van der Waals surface area contributed by atoms with Gasteiger partial charge in [-0.2, -0.15) is 0 Å². The molecule has 0 amide bonds. The van der Waals surface area contributed by atoms with E-state index in [1.165, 1.54) is 5.70 Å². The Balaban J connectivity index is 0.00000106. The molecule has 0 atom stereocenters. The lowest BCUT2D eigenvalue weighted by Crippen LogP contribution is -2.43. The van der Waals surface area contributed by atoms with Gasteiger partial charge in [0.25, 0.3) is 0 Å². The van der Waals surface area contributed by atoms with Gasteiger partial charge in [0.1, 0.15) is 0 Å². The third-order valence-electron chi connectivity index (χ3n) is 2.20. The zero-order valence-electron chi connectivity index (χ0n) is 11.1. The Hall–Kier alpha value is -1.09. The summed E-state index contributed by atoms with van der Waals surface area (Å²) in [6.07, 6.45) is 3.99. The van der Waals surface area contributed by atoms with Crippen LogP contribution in [-0.2, 0) is 0 Å². The van der Waals surface area contributed by atoms with Gasteiger partial charge >= 0.3 is 0 Å². The summed E-state index contributed by atoms with van der Waals surface area (Å²) >= 11 is 0. The molecule has 3 nitrogen and oxygen atoms in total. The number of allylic oxidation sites excluding steroid dienone is 3. The van der Waals surface area contributed by atoms with Crippen LogP contribution in [0.25, 0.3) is 0 Å². The highest BCUT2D eigenvalue weighted by molar-refractivity contribution is 5.78. The molecule has 1 fully saturated rings. The Labute approximate surface area is 99.9 Å². The maximum absolute atomic E-state index is 4.22. The van der Waals surface area contributed by atoms with Crippen molar-refractivity contribution in [3.63, 3.8) is 0 Å². The van der Waals surface area contributed by atoms with Crippen LogP contribution < -0.4 is 5.32 Å². The van der Waals surface area contributed by atoms with Crippen LogP contribution in [0.1, 0.15) is 27.7 Å². The first-order valence-corrected chi connectivity index (χ1v) is 6.05. The molecule has 0 aromatic heterocycles. The van der Waals surface area contributed by atoms with Crippen LogP contribution >= 0.6 is 0 Å². The Morgan fingerprint density at radius 2 is 1.88 bits per heavy atom. The Bertz CT molecular complexity index is 248. The van der Waals surface area contributed by atoms with Gasteiger partial charge in [0, 0.05) is 31.9 Å². The van der Waals surface area contributed by atoms with Crippen molar-refractivity contribution >= 4 is 6.21 Å². The zero-order chi connectivity index (χ0) is 12.4. The fourth-order valence-electron chi connectivity index (χ4n) is 1.44. The first-order valence-electron chi connectivity index (χ1n) is 6.05. The first kappa shape index (κ1) is 14.9. The number of nitrogens with zero attached hydrogens (tertiary/aromatic N) is 2. The van der Waals surface area contributed by atoms with Gasteiger partial charge in [-0.25, -0.2) is 0 Å². The summed E-state index contributed by atoms with van der Waals surface area (Å²) in [5.74, 6) is 0. The highest BCUT2D eigenvalue weighted by atomic mass is 15.2. The van der Waals surface area contributed by atoms with Crippen LogP contribution in [0.4, 0.5) is 0 Å². The van der Waals surface area contributed by atoms with Crippen LogP contribution in [0.3, 0.4) is 0 Å². The smallest absolute Gasteiger partial charge is 0.0509 e. The van der Waals surface area contributed by atoms with Crippen molar-refractivity contribution in [1.82, 2.24) is 10.2 Å². The summed E-state index contributed by atoms with van der Waals surface area (Å²) < 4.78 is 0. The van der Waals surface area contributed by atoms with Gasteiger partial charge in [-0.05, 0) is 13.8 Å². The van der Waals surface area contributed by atoms with E-state index in [2.05, 4.69) is 27.9 Å². The molecule has 1 aliphatic rings. The van der Waals surface area contributed by atoms with Crippen molar-refractivity contribution in [3.8, 4) is 0 Å². The van der Waals surface area contributed by atoms with E-state index in [4.69, 9.17) is 0 Å². The van der Waals surface area contributed by atoms with E-state index in [-0.39, 0.29) is 0 Å². The molecule has 1 rings (SSSR count). The molecule has 0 aromatic carbocycles. The molecule has 0 unspecified atom stereocenters. The molecule has 0 radical (unpaired) electrons. The Morgan fingerprint density at radius 3 is 2.31 bits per heavy atom. The van der Waals surface area contributed by atoms with E-state index in [1.54, 1.807) is 0 Å². The largest absolute Gasteiger partial charge is 0.368 e. The highest BCUT2D eigenvalue weighted by Crippen LogP contribution is 2.04. The van der Waals surface area contributed by atoms with E-state index >= 15 is 0 Å². The maximum Gasteiger partial charge on any atom is 0.0509 e. The molecule has 1 heterocycles. The summed E-state index contributed by atoms with van der Waals surface area (Å²) in [6.45, 7) is 15.9. The van der Waals surface area contributed by atoms with E-state index in [9.17, 15) is 0 Å². The van der Waals surface area contributed by atoms with Gasteiger partial charge in [-0.15, -0.1) is 0 Å².